The van der Waals surface area contributed by atoms with Crippen molar-refractivity contribution < 1.29 is 19.4 Å². The fourth-order valence-electron chi connectivity index (χ4n) is 2.42. The van der Waals surface area contributed by atoms with Crippen LogP contribution in [0.5, 0.6) is 0 Å². The Morgan fingerprint density at radius 2 is 2.12 bits per heavy atom. The van der Waals surface area contributed by atoms with E-state index in [2.05, 4.69) is 16.7 Å². The van der Waals surface area contributed by atoms with Crippen molar-refractivity contribution in [2.45, 2.75) is 25.3 Å². The van der Waals surface area contributed by atoms with Crippen LogP contribution in [-0.2, 0) is 9.53 Å². The first-order valence-corrected chi connectivity index (χ1v) is 7.83. The monoisotopic (exact) mass is 331 g/mol. The number of ether oxygens (including phenoxy) is 1. The van der Waals surface area contributed by atoms with Crippen LogP contribution in [0.3, 0.4) is 0 Å². The molecule has 3 N–H and O–H groups in total. The highest BCUT2D eigenvalue weighted by atomic mass is 16.5. The molecule has 1 amide bonds. The molecule has 0 radical (unpaired) electrons. The maximum absolute atomic E-state index is 12.1. The van der Waals surface area contributed by atoms with Gasteiger partial charge in [0.05, 0.1) is 18.2 Å². The first kappa shape index (κ1) is 17.8. The molecule has 1 atom stereocenters. The summed E-state index contributed by atoms with van der Waals surface area (Å²) in [5, 5.41) is 23.6. The van der Waals surface area contributed by atoms with E-state index in [-0.39, 0.29) is 18.1 Å². The lowest BCUT2D eigenvalue weighted by molar-refractivity contribution is -0.125. The molecule has 0 heterocycles. The minimum atomic E-state index is -0.913. The molecule has 1 fully saturated rings. The number of hydrogen-bond donors (Lipinski definition) is 3. The van der Waals surface area contributed by atoms with Crippen molar-refractivity contribution in [1.82, 2.24) is 5.32 Å². The summed E-state index contributed by atoms with van der Waals surface area (Å²) in [5.74, 6) is -0.984. The second kappa shape index (κ2) is 7.79. The van der Waals surface area contributed by atoms with Gasteiger partial charge < -0.3 is 20.5 Å². The third-order valence-electron chi connectivity index (χ3n) is 3.93. The van der Waals surface area contributed by atoms with Crippen LogP contribution < -0.4 is 10.6 Å². The number of aliphatic hydroxyl groups is 1. The van der Waals surface area contributed by atoms with Crippen molar-refractivity contribution in [3.05, 3.63) is 29.8 Å². The Balaban J connectivity index is 1.91. The van der Waals surface area contributed by atoms with E-state index in [0.717, 1.165) is 12.8 Å². The van der Waals surface area contributed by atoms with E-state index in [0.29, 0.717) is 12.2 Å². The van der Waals surface area contributed by atoms with Crippen molar-refractivity contribution in [2.75, 3.05) is 25.1 Å². The summed E-state index contributed by atoms with van der Waals surface area (Å²) in [6.07, 6.45) is 1.82. The SMILES string of the molecule is C[C@](C#N)(NC(=O)COC(=O)c1ccccc1NCCO)C1CC1. The van der Waals surface area contributed by atoms with E-state index in [1.807, 2.05) is 0 Å². The molecule has 1 aliphatic rings. The third kappa shape index (κ3) is 4.46. The van der Waals surface area contributed by atoms with E-state index in [4.69, 9.17) is 9.84 Å². The van der Waals surface area contributed by atoms with E-state index >= 15 is 0 Å². The fourth-order valence-corrected chi connectivity index (χ4v) is 2.42. The molecule has 2 rings (SSSR count). The lowest BCUT2D eigenvalue weighted by Gasteiger charge is -2.22. The van der Waals surface area contributed by atoms with Gasteiger partial charge in [0.15, 0.2) is 6.61 Å². The summed E-state index contributed by atoms with van der Waals surface area (Å²) in [4.78, 5) is 24.1. The number of esters is 1. The second-order valence-electron chi connectivity index (χ2n) is 5.91. The van der Waals surface area contributed by atoms with Crippen molar-refractivity contribution in [3.8, 4) is 6.07 Å². The number of amides is 1. The van der Waals surface area contributed by atoms with Gasteiger partial charge in [0.2, 0.25) is 0 Å². The molecule has 1 saturated carbocycles. The van der Waals surface area contributed by atoms with Gasteiger partial charge in [-0.1, -0.05) is 12.1 Å². The number of hydrogen-bond acceptors (Lipinski definition) is 6. The Morgan fingerprint density at radius 3 is 2.75 bits per heavy atom. The normalized spacial score (nSPS) is 15.7. The number of rotatable bonds is 8. The molecule has 7 nitrogen and oxygen atoms in total. The summed E-state index contributed by atoms with van der Waals surface area (Å²) in [6.45, 7) is 1.46. The predicted octanol–water partition coefficient (Wildman–Crippen LogP) is 1.06. The minimum absolute atomic E-state index is 0.0697. The van der Waals surface area contributed by atoms with Gasteiger partial charge in [0.1, 0.15) is 5.54 Å². The van der Waals surface area contributed by atoms with Crippen LogP contribution in [0.1, 0.15) is 30.1 Å². The molecule has 0 aromatic heterocycles. The Bertz CT molecular complexity index is 651. The Morgan fingerprint density at radius 1 is 1.42 bits per heavy atom. The highest BCUT2D eigenvalue weighted by Crippen LogP contribution is 2.39. The number of nitrogens with one attached hydrogen (secondary N) is 2. The maximum atomic E-state index is 12.1. The largest absolute Gasteiger partial charge is 0.452 e. The van der Waals surface area contributed by atoms with E-state index < -0.39 is 24.0 Å². The Kier molecular flexibility index (Phi) is 5.77. The Labute approximate surface area is 140 Å². The van der Waals surface area contributed by atoms with Gasteiger partial charge in [-0.25, -0.2) is 4.79 Å². The van der Waals surface area contributed by atoms with Gasteiger partial charge in [-0.05, 0) is 37.8 Å². The van der Waals surface area contributed by atoms with Gasteiger partial charge in [-0.3, -0.25) is 4.79 Å². The van der Waals surface area contributed by atoms with Crippen LogP contribution in [-0.4, -0.2) is 42.3 Å². The number of carbonyl (C=O) groups is 2. The van der Waals surface area contributed by atoms with Gasteiger partial charge in [0.25, 0.3) is 5.91 Å². The lowest BCUT2D eigenvalue weighted by Crippen LogP contribution is -2.48. The smallest absolute Gasteiger partial charge is 0.340 e. The predicted molar refractivity (Wildman–Crippen MR) is 87.2 cm³/mol. The summed E-state index contributed by atoms with van der Waals surface area (Å²) >= 11 is 0. The number of anilines is 1. The van der Waals surface area contributed by atoms with Crippen LogP contribution in [0.2, 0.25) is 0 Å². The number of nitriles is 1. The van der Waals surface area contributed by atoms with Crippen molar-refractivity contribution >= 4 is 17.6 Å². The number of para-hydroxylation sites is 1. The van der Waals surface area contributed by atoms with Gasteiger partial charge in [-0.15, -0.1) is 0 Å². The van der Waals surface area contributed by atoms with Crippen molar-refractivity contribution in [3.63, 3.8) is 0 Å². The molecule has 7 heteroatoms. The molecule has 0 unspecified atom stereocenters. The van der Waals surface area contributed by atoms with Crippen molar-refractivity contribution in [1.29, 1.82) is 5.26 Å². The molecule has 0 spiro atoms. The standard InChI is InChI=1S/C17H21N3O4/c1-17(11-18,12-6-7-12)20-15(22)10-24-16(23)13-4-2-3-5-14(13)19-8-9-21/h2-5,12,19,21H,6-10H2,1H3,(H,20,22)/t17-/m1/s1. The zero-order valence-electron chi connectivity index (χ0n) is 13.5. The molecule has 0 aliphatic heterocycles. The van der Waals surface area contributed by atoms with Crippen LogP contribution in [0.15, 0.2) is 24.3 Å². The summed E-state index contributed by atoms with van der Waals surface area (Å²) < 4.78 is 5.04. The van der Waals surface area contributed by atoms with E-state index in [1.54, 1.807) is 31.2 Å². The molecule has 1 aromatic rings. The first-order chi connectivity index (χ1) is 11.5. The first-order valence-electron chi connectivity index (χ1n) is 7.83. The highest BCUT2D eigenvalue weighted by Gasteiger charge is 2.43. The number of carbonyl (C=O) groups excluding carboxylic acids is 2. The molecular formula is C17H21N3O4. The van der Waals surface area contributed by atoms with Crippen LogP contribution in [0.4, 0.5) is 5.69 Å². The van der Waals surface area contributed by atoms with Gasteiger partial charge >= 0.3 is 5.97 Å². The summed E-state index contributed by atoms with van der Waals surface area (Å²) in [5.41, 5.74) is -0.106. The zero-order chi connectivity index (χ0) is 17.6. The highest BCUT2D eigenvalue weighted by molar-refractivity contribution is 5.96. The molecule has 0 bridgehead atoms. The Hall–Kier alpha value is -2.59. The quantitative estimate of drug-likeness (QED) is 0.614. The maximum Gasteiger partial charge on any atom is 0.340 e. The lowest BCUT2D eigenvalue weighted by atomic mass is 9.98. The van der Waals surface area contributed by atoms with Crippen LogP contribution >= 0.6 is 0 Å². The van der Waals surface area contributed by atoms with Crippen LogP contribution in [0.25, 0.3) is 0 Å². The molecule has 1 aromatic carbocycles. The van der Waals surface area contributed by atoms with Crippen LogP contribution in [0, 0.1) is 17.2 Å². The molecular weight excluding hydrogens is 310 g/mol. The average molecular weight is 331 g/mol. The average Bonchev–Trinajstić information content (AvgIpc) is 3.43. The van der Waals surface area contributed by atoms with Gasteiger partial charge in [-0.2, -0.15) is 5.26 Å². The third-order valence-corrected chi connectivity index (χ3v) is 3.93. The van der Waals surface area contributed by atoms with E-state index in [9.17, 15) is 14.9 Å². The summed E-state index contributed by atoms with van der Waals surface area (Å²) in [6, 6.07) is 8.80. The molecule has 0 saturated heterocycles. The second-order valence-corrected chi connectivity index (χ2v) is 5.91. The van der Waals surface area contributed by atoms with Gasteiger partial charge in [0, 0.05) is 12.2 Å². The minimum Gasteiger partial charge on any atom is -0.452 e. The number of benzene rings is 1. The topological polar surface area (TPSA) is 111 Å². The summed E-state index contributed by atoms with van der Waals surface area (Å²) in [7, 11) is 0. The molecule has 128 valence electrons. The number of aliphatic hydroxyl groups excluding tert-OH is 1. The fraction of sp³-hybridized carbons (Fsp3) is 0.471. The molecule has 1 aliphatic carbocycles. The molecule has 24 heavy (non-hydrogen) atoms. The number of nitrogens with zero attached hydrogens (tertiary/aromatic N) is 1. The zero-order valence-corrected chi connectivity index (χ0v) is 13.5. The van der Waals surface area contributed by atoms with E-state index in [1.165, 1.54) is 0 Å². The van der Waals surface area contributed by atoms with Crippen molar-refractivity contribution in [2.24, 2.45) is 5.92 Å².